The van der Waals surface area contributed by atoms with E-state index in [1.807, 2.05) is 6.08 Å². The molecule has 0 atom stereocenters. The number of carbonyl (C=O) groups excluding carboxylic acids is 1. The molecule has 0 radical (unpaired) electrons. The summed E-state index contributed by atoms with van der Waals surface area (Å²) in [5.74, 6) is -0.0710. The van der Waals surface area contributed by atoms with Gasteiger partial charge in [-0.25, -0.2) is 0 Å². The first-order valence-corrected chi connectivity index (χ1v) is 12.3. The molecular formula is C26H41N5O2. The summed E-state index contributed by atoms with van der Waals surface area (Å²) >= 11 is 0. The maximum atomic E-state index is 12.8. The fourth-order valence-electron chi connectivity index (χ4n) is 4.69. The van der Waals surface area contributed by atoms with Gasteiger partial charge in [0.05, 0.1) is 19.9 Å². The number of hydrogen-bond donors (Lipinski definition) is 2. The third-order valence-electron chi connectivity index (χ3n) is 6.94. The minimum Gasteiger partial charge on any atom is -0.394 e. The molecule has 1 saturated carbocycles. The molecule has 7 heteroatoms. The number of nitrogens with zero attached hydrogens (tertiary/aromatic N) is 3. The van der Waals surface area contributed by atoms with Crippen LogP contribution in [-0.4, -0.2) is 73.5 Å². The lowest BCUT2D eigenvalue weighted by atomic mass is 10.0. The third kappa shape index (κ3) is 6.58. The Morgan fingerprint density at radius 3 is 2.48 bits per heavy atom. The molecule has 0 aromatic carbocycles. The van der Waals surface area contributed by atoms with Crippen molar-refractivity contribution in [1.29, 1.82) is 0 Å². The Labute approximate surface area is 199 Å². The predicted octanol–water partition coefficient (Wildman–Crippen LogP) is 3.12. The van der Waals surface area contributed by atoms with Crippen LogP contribution in [0.3, 0.4) is 0 Å². The van der Waals surface area contributed by atoms with Crippen molar-refractivity contribution in [2.75, 3.05) is 46.1 Å². The molecule has 33 heavy (non-hydrogen) atoms. The Kier molecular flexibility index (Phi) is 9.32. The molecule has 2 aliphatic heterocycles. The highest BCUT2D eigenvalue weighted by molar-refractivity contribution is 6.09. The summed E-state index contributed by atoms with van der Waals surface area (Å²) in [7, 11) is 0. The minimum absolute atomic E-state index is 0.0710. The molecule has 1 aliphatic carbocycles. The maximum Gasteiger partial charge on any atom is 0.270 e. The highest BCUT2D eigenvalue weighted by Crippen LogP contribution is 2.25. The number of carbonyl (C=O) groups is 1. The standard InChI is InChI=1S/C26H41N5O2/c1-5-7-24(20(4)19(2)3)30-12-10-21(11-13-30)28-18-29-23-9-6-8-22(23)25(27)26(32)31-14-16-33-17-15-31/h5,7,21,28H,1,6,8-18,27H2,2-4H3/b24-7+,25-22-,29-23+. The zero-order valence-corrected chi connectivity index (χ0v) is 20.7. The number of piperidine rings is 1. The van der Waals surface area contributed by atoms with Gasteiger partial charge in [0.1, 0.15) is 5.70 Å². The van der Waals surface area contributed by atoms with Crippen LogP contribution in [0.2, 0.25) is 0 Å². The van der Waals surface area contributed by atoms with Gasteiger partial charge in [0.2, 0.25) is 0 Å². The Morgan fingerprint density at radius 1 is 1.15 bits per heavy atom. The van der Waals surface area contributed by atoms with Gasteiger partial charge in [0.15, 0.2) is 0 Å². The molecule has 3 fully saturated rings. The average molecular weight is 456 g/mol. The van der Waals surface area contributed by atoms with Crippen LogP contribution in [0.25, 0.3) is 0 Å². The van der Waals surface area contributed by atoms with Gasteiger partial charge >= 0.3 is 0 Å². The largest absolute Gasteiger partial charge is 0.394 e. The number of nitrogens with two attached hydrogens (primary N) is 1. The van der Waals surface area contributed by atoms with Crippen molar-refractivity contribution in [3.63, 3.8) is 0 Å². The van der Waals surface area contributed by atoms with Crippen molar-refractivity contribution >= 4 is 11.6 Å². The molecule has 0 spiro atoms. The minimum atomic E-state index is -0.0710. The Hall–Kier alpha value is -2.38. The number of allylic oxidation sites excluding steroid dienone is 5. The van der Waals surface area contributed by atoms with Crippen molar-refractivity contribution < 1.29 is 9.53 Å². The summed E-state index contributed by atoms with van der Waals surface area (Å²) in [6.07, 6.45) is 8.89. The molecule has 0 unspecified atom stereocenters. The number of ether oxygens (including phenoxy) is 1. The first-order valence-electron chi connectivity index (χ1n) is 12.3. The molecule has 3 aliphatic rings. The number of amides is 1. The zero-order chi connectivity index (χ0) is 23.8. The lowest BCUT2D eigenvalue weighted by molar-refractivity contribution is -0.131. The summed E-state index contributed by atoms with van der Waals surface area (Å²) in [6, 6.07) is 0.448. The highest BCUT2D eigenvalue weighted by atomic mass is 16.5. The van der Waals surface area contributed by atoms with Crippen LogP contribution in [0, 0.1) is 0 Å². The molecule has 7 nitrogen and oxygen atoms in total. The van der Waals surface area contributed by atoms with Crippen molar-refractivity contribution in [1.82, 2.24) is 15.1 Å². The van der Waals surface area contributed by atoms with Gasteiger partial charge in [-0.15, -0.1) is 0 Å². The van der Waals surface area contributed by atoms with E-state index in [1.54, 1.807) is 4.90 Å². The van der Waals surface area contributed by atoms with E-state index in [4.69, 9.17) is 15.5 Å². The van der Waals surface area contributed by atoms with Crippen LogP contribution < -0.4 is 11.1 Å². The van der Waals surface area contributed by atoms with Crippen LogP contribution in [-0.2, 0) is 9.53 Å². The molecule has 0 aromatic heterocycles. The normalized spacial score (nSPS) is 23.1. The fourth-order valence-corrected chi connectivity index (χ4v) is 4.69. The number of aliphatic imine (C=N–C) groups is 1. The average Bonchev–Trinajstić information content (AvgIpc) is 3.30. The summed E-state index contributed by atoms with van der Waals surface area (Å²) in [6.45, 7) is 15.4. The molecule has 182 valence electrons. The van der Waals surface area contributed by atoms with E-state index in [0.717, 1.165) is 56.5 Å². The number of hydrogen-bond acceptors (Lipinski definition) is 6. The number of morpholine rings is 1. The smallest absolute Gasteiger partial charge is 0.270 e. The Balaban J connectivity index is 1.54. The summed E-state index contributed by atoms with van der Waals surface area (Å²) in [5, 5.41) is 3.60. The van der Waals surface area contributed by atoms with Crippen molar-refractivity contribution in [2.24, 2.45) is 10.7 Å². The quantitative estimate of drug-likeness (QED) is 0.455. The second kappa shape index (κ2) is 12.2. The van der Waals surface area contributed by atoms with Gasteiger partial charge in [-0.05, 0) is 64.5 Å². The first kappa shape index (κ1) is 25.2. The van der Waals surface area contributed by atoms with E-state index >= 15 is 0 Å². The highest BCUT2D eigenvalue weighted by Gasteiger charge is 2.26. The van der Waals surface area contributed by atoms with Crippen LogP contribution in [0.1, 0.15) is 52.9 Å². The van der Waals surface area contributed by atoms with E-state index < -0.39 is 0 Å². The topological polar surface area (TPSA) is 83.2 Å². The molecule has 0 bridgehead atoms. The van der Waals surface area contributed by atoms with Gasteiger partial charge in [0, 0.05) is 49.2 Å². The van der Waals surface area contributed by atoms with Gasteiger partial charge in [-0.1, -0.05) is 18.2 Å². The monoisotopic (exact) mass is 455 g/mol. The Bertz CT molecular complexity index is 837. The number of likely N-dealkylation sites (tertiary alicyclic amines) is 1. The zero-order valence-electron chi connectivity index (χ0n) is 20.7. The lowest BCUT2D eigenvalue weighted by Gasteiger charge is -2.36. The van der Waals surface area contributed by atoms with E-state index in [2.05, 4.69) is 43.6 Å². The molecular weight excluding hydrogens is 414 g/mol. The van der Waals surface area contributed by atoms with Crippen LogP contribution in [0.15, 0.2) is 51.8 Å². The van der Waals surface area contributed by atoms with Gasteiger partial charge < -0.3 is 20.3 Å². The second-order valence-corrected chi connectivity index (χ2v) is 9.29. The molecule has 2 heterocycles. The van der Waals surface area contributed by atoms with Gasteiger partial charge in [-0.3, -0.25) is 15.1 Å². The third-order valence-corrected chi connectivity index (χ3v) is 6.94. The van der Waals surface area contributed by atoms with Crippen molar-refractivity contribution in [3.8, 4) is 0 Å². The molecule has 2 saturated heterocycles. The number of nitrogens with one attached hydrogen (secondary N) is 1. The molecule has 3 rings (SSSR count). The van der Waals surface area contributed by atoms with Crippen LogP contribution in [0.4, 0.5) is 0 Å². The second-order valence-electron chi connectivity index (χ2n) is 9.29. The summed E-state index contributed by atoms with van der Waals surface area (Å²) < 4.78 is 5.35. The van der Waals surface area contributed by atoms with E-state index in [1.165, 1.54) is 16.8 Å². The maximum absolute atomic E-state index is 12.8. The summed E-state index contributed by atoms with van der Waals surface area (Å²) in [4.78, 5) is 21.8. The van der Waals surface area contributed by atoms with E-state index in [9.17, 15) is 4.79 Å². The Morgan fingerprint density at radius 2 is 1.85 bits per heavy atom. The SMILES string of the molecule is C=C/C=C(\C(C)=C(C)C)N1CCC(NC/N=C2\CCC\C2=C(\N)C(=O)N2CCOCC2)CC1. The molecule has 3 N–H and O–H groups in total. The molecule has 1 amide bonds. The van der Waals surface area contributed by atoms with E-state index in [0.29, 0.717) is 44.7 Å². The van der Waals surface area contributed by atoms with E-state index in [-0.39, 0.29) is 5.91 Å². The summed E-state index contributed by atoms with van der Waals surface area (Å²) in [5.41, 5.74) is 12.6. The van der Waals surface area contributed by atoms with Crippen LogP contribution >= 0.6 is 0 Å². The fraction of sp³-hybridized carbons (Fsp3) is 0.615. The predicted molar refractivity (Wildman–Crippen MR) is 135 cm³/mol. The number of rotatable bonds is 7. The van der Waals surface area contributed by atoms with Crippen LogP contribution in [0.5, 0.6) is 0 Å². The first-order chi connectivity index (χ1) is 15.9. The lowest BCUT2D eigenvalue weighted by Crippen LogP contribution is -2.43. The van der Waals surface area contributed by atoms with Crippen molar-refractivity contribution in [3.05, 3.63) is 46.8 Å². The van der Waals surface area contributed by atoms with Gasteiger partial charge in [-0.2, -0.15) is 0 Å². The van der Waals surface area contributed by atoms with Crippen molar-refractivity contribution in [2.45, 2.75) is 58.9 Å². The molecule has 0 aromatic rings. The van der Waals surface area contributed by atoms with Gasteiger partial charge in [0.25, 0.3) is 5.91 Å².